The van der Waals surface area contributed by atoms with Crippen molar-refractivity contribution in [3.05, 3.63) is 17.5 Å². The van der Waals surface area contributed by atoms with Crippen LogP contribution in [-0.4, -0.2) is 18.2 Å². The summed E-state index contributed by atoms with van der Waals surface area (Å²) in [5.41, 5.74) is 1.34. The zero-order valence-electron chi connectivity index (χ0n) is 6.78. The van der Waals surface area contributed by atoms with Gasteiger partial charge in [0.25, 0.3) is 0 Å². The van der Waals surface area contributed by atoms with Crippen molar-refractivity contribution < 1.29 is 8.42 Å². The molecule has 1 rings (SSSR count). The highest BCUT2D eigenvalue weighted by Crippen LogP contribution is 2.11. The lowest BCUT2D eigenvalue weighted by molar-refractivity contribution is 0.607. The van der Waals surface area contributed by atoms with Crippen molar-refractivity contribution in [3.8, 4) is 0 Å². The summed E-state index contributed by atoms with van der Waals surface area (Å²) >= 11 is 0. The fraction of sp³-hybridized carbons (Fsp3) is 0.500. The molecule has 0 bridgehead atoms. The van der Waals surface area contributed by atoms with Crippen molar-refractivity contribution in [1.82, 2.24) is 9.78 Å². The highest BCUT2D eigenvalue weighted by atomic mass is 35.7. The van der Waals surface area contributed by atoms with Crippen LogP contribution in [0.2, 0.25) is 0 Å². The van der Waals surface area contributed by atoms with E-state index >= 15 is 0 Å². The summed E-state index contributed by atoms with van der Waals surface area (Å²) in [6.07, 6.45) is 1.75. The van der Waals surface area contributed by atoms with E-state index in [1.54, 1.807) is 24.9 Å². The lowest BCUT2D eigenvalue weighted by Crippen LogP contribution is -1.98. The number of rotatable bonds is 2. The van der Waals surface area contributed by atoms with Crippen molar-refractivity contribution in [2.24, 2.45) is 7.05 Å². The molecule has 68 valence electrons. The van der Waals surface area contributed by atoms with Crippen LogP contribution >= 0.6 is 10.7 Å². The molecule has 0 saturated heterocycles. The van der Waals surface area contributed by atoms with Gasteiger partial charge in [0.05, 0.1) is 5.69 Å². The molecule has 4 nitrogen and oxygen atoms in total. The van der Waals surface area contributed by atoms with Crippen LogP contribution < -0.4 is 0 Å². The first-order chi connectivity index (χ1) is 5.38. The van der Waals surface area contributed by atoms with Crippen LogP contribution in [0.5, 0.6) is 0 Å². The van der Waals surface area contributed by atoms with Crippen molar-refractivity contribution in [2.45, 2.75) is 12.7 Å². The first-order valence-corrected chi connectivity index (χ1v) is 5.78. The van der Waals surface area contributed by atoms with Gasteiger partial charge in [-0.25, -0.2) is 8.42 Å². The maximum Gasteiger partial charge on any atom is 0.238 e. The Morgan fingerprint density at radius 1 is 1.67 bits per heavy atom. The SMILES string of the molecule is Cc1cn(C)nc1CS(=O)(=O)Cl. The van der Waals surface area contributed by atoms with Crippen molar-refractivity contribution in [3.63, 3.8) is 0 Å². The maximum absolute atomic E-state index is 10.7. The molecule has 0 unspecified atom stereocenters. The lowest BCUT2D eigenvalue weighted by Gasteiger charge is -1.92. The molecule has 0 radical (unpaired) electrons. The third-order valence-corrected chi connectivity index (χ3v) is 2.37. The van der Waals surface area contributed by atoms with Gasteiger partial charge in [0.1, 0.15) is 5.75 Å². The Labute approximate surface area is 75.6 Å². The Morgan fingerprint density at radius 2 is 2.25 bits per heavy atom. The van der Waals surface area contributed by atoms with Crippen molar-refractivity contribution in [2.75, 3.05) is 0 Å². The fourth-order valence-corrected chi connectivity index (χ4v) is 1.88. The number of aryl methyl sites for hydroxylation is 2. The summed E-state index contributed by atoms with van der Waals surface area (Å²) in [5, 5.41) is 3.95. The molecular weight excluding hydrogens is 200 g/mol. The van der Waals surface area contributed by atoms with Gasteiger partial charge < -0.3 is 0 Å². The molecule has 12 heavy (non-hydrogen) atoms. The van der Waals surface area contributed by atoms with E-state index < -0.39 is 9.05 Å². The molecule has 0 fully saturated rings. The van der Waals surface area contributed by atoms with Crippen LogP contribution in [0.1, 0.15) is 11.3 Å². The topological polar surface area (TPSA) is 52.0 Å². The van der Waals surface area contributed by atoms with E-state index in [0.717, 1.165) is 5.56 Å². The minimum Gasteiger partial charge on any atom is -0.275 e. The van der Waals surface area contributed by atoms with E-state index in [1.807, 2.05) is 0 Å². The van der Waals surface area contributed by atoms with Gasteiger partial charge in [0, 0.05) is 23.9 Å². The van der Waals surface area contributed by atoms with Gasteiger partial charge in [-0.3, -0.25) is 4.68 Å². The van der Waals surface area contributed by atoms with Gasteiger partial charge in [-0.1, -0.05) is 0 Å². The molecule has 0 amide bonds. The zero-order chi connectivity index (χ0) is 9.35. The Bertz CT molecular complexity index is 382. The number of nitrogens with zero attached hydrogens (tertiary/aromatic N) is 2. The second-order valence-corrected chi connectivity index (χ2v) is 5.39. The first-order valence-electron chi connectivity index (χ1n) is 3.30. The molecular formula is C6H9ClN2O2S. The van der Waals surface area contributed by atoms with Crippen LogP contribution in [-0.2, 0) is 21.9 Å². The average molecular weight is 209 g/mol. The minimum atomic E-state index is -3.49. The second-order valence-electron chi connectivity index (χ2n) is 2.62. The van der Waals surface area contributed by atoms with E-state index in [0.29, 0.717) is 5.69 Å². The van der Waals surface area contributed by atoms with E-state index in [-0.39, 0.29) is 5.75 Å². The average Bonchev–Trinajstić information content (AvgIpc) is 2.06. The standard InChI is InChI=1S/C6H9ClN2O2S/c1-5-3-9(2)8-6(5)4-12(7,10)11/h3H,4H2,1-2H3. The summed E-state index contributed by atoms with van der Waals surface area (Å²) in [4.78, 5) is 0. The molecule has 6 heteroatoms. The highest BCUT2D eigenvalue weighted by molar-refractivity contribution is 8.13. The van der Waals surface area contributed by atoms with E-state index in [2.05, 4.69) is 5.10 Å². The van der Waals surface area contributed by atoms with E-state index in [1.165, 1.54) is 0 Å². The Kier molecular flexibility index (Phi) is 2.44. The quantitative estimate of drug-likeness (QED) is 0.676. The summed E-state index contributed by atoms with van der Waals surface area (Å²) < 4.78 is 22.9. The largest absolute Gasteiger partial charge is 0.275 e. The normalized spacial score (nSPS) is 11.9. The molecule has 1 heterocycles. The second kappa shape index (κ2) is 3.06. The molecule has 1 aromatic heterocycles. The highest BCUT2D eigenvalue weighted by Gasteiger charge is 2.12. The van der Waals surface area contributed by atoms with Gasteiger partial charge in [0.15, 0.2) is 0 Å². The zero-order valence-corrected chi connectivity index (χ0v) is 8.35. The molecule has 0 spiro atoms. The van der Waals surface area contributed by atoms with E-state index in [4.69, 9.17) is 10.7 Å². The molecule has 0 atom stereocenters. The predicted molar refractivity (Wildman–Crippen MR) is 46.4 cm³/mol. The van der Waals surface area contributed by atoms with Gasteiger partial charge in [-0.2, -0.15) is 5.10 Å². The van der Waals surface area contributed by atoms with Gasteiger partial charge >= 0.3 is 0 Å². The molecule has 0 N–H and O–H groups in total. The van der Waals surface area contributed by atoms with Crippen molar-refractivity contribution >= 4 is 19.7 Å². The molecule has 0 aliphatic rings. The van der Waals surface area contributed by atoms with Crippen LogP contribution in [0, 0.1) is 6.92 Å². The number of hydrogen-bond acceptors (Lipinski definition) is 3. The number of hydrogen-bond donors (Lipinski definition) is 0. The molecule has 0 aliphatic carbocycles. The van der Waals surface area contributed by atoms with Crippen LogP contribution in [0.25, 0.3) is 0 Å². The number of aromatic nitrogens is 2. The number of halogens is 1. The Morgan fingerprint density at radius 3 is 2.58 bits per heavy atom. The fourth-order valence-electron chi connectivity index (χ4n) is 0.959. The Balaban J connectivity index is 2.97. The molecule has 0 saturated carbocycles. The third-order valence-electron chi connectivity index (χ3n) is 1.42. The monoisotopic (exact) mass is 208 g/mol. The molecule has 0 aromatic carbocycles. The smallest absolute Gasteiger partial charge is 0.238 e. The predicted octanol–water partition coefficient (Wildman–Crippen LogP) is 0.797. The van der Waals surface area contributed by atoms with Gasteiger partial charge in [0.2, 0.25) is 9.05 Å². The lowest BCUT2D eigenvalue weighted by atomic mass is 10.3. The van der Waals surface area contributed by atoms with Gasteiger partial charge in [-0.15, -0.1) is 0 Å². The molecule has 1 aromatic rings. The van der Waals surface area contributed by atoms with Crippen molar-refractivity contribution in [1.29, 1.82) is 0 Å². The summed E-state index contributed by atoms with van der Waals surface area (Å²) in [5.74, 6) is -0.207. The third kappa shape index (κ3) is 2.49. The van der Waals surface area contributed by atoms with Crippen LogP contribution in [0.3, 0.4) is 0 Å². The summed E-state index contributed by atoms with van der Waals surface area (Å²) in [7, 11) is 3.32. The summed E-state index contributed by atoms with van der Waals surface area (Å²) in [6.45, 7) is 1.80. The van der Waals surface area contributed by atoms with Crippen LogP contribution in [0.4, 0.5) is 0 Å². The Hall–Kier alpha value is -0.550. The first kappa shape index (κ1) is 9.54. The van der Waals surface area contributed by atoms with Gasteiger partial charge in [-0.05, 0) is 12.5 Å². The van der Waals surface area contributed by atoms with E-state index in [9.17, 15) is 8.42 Å². The van der Waals surface area contributed by atoms with Crippen LogP contribution in [0.15, 0.2) is 6.20 Å². The summed E-state index contributed by atoms with van der Waals surface area (Å²) in [6, 6.07) is 0. The maximum atomic E-state index is 10.7. The minimum absolute atomic E-state index is 0.207. The molecule has 0 aliphatic heterocycles.